The minimum atomic E-state index is -0.743. The number of nitrogen functional groups attached to an aromatic ring is 2. The van der Waals surface area contributed by atoms with E-state index in [9.17, 15) is 15.2 Å². The molecule has 1 aromatic carbocycles. The number of hydrogen-bond acceptors (Lipinski definition) is 10. The zero-order valence-corrected chi connectivity index (χ0v) is 17.0. The Kier molecular flexibility index (Phi) is 5.39. The van der Waals surface area contributed by atoms with E-state index < -0.39 is 12.0 Å². The summed E-state index contributed by atoms with van der Waals surface area (Å²) in [4.78, 5) is 22.1. The van der Waals surface area contributed by atoms with Gasteiger partial charge in [-0.05, 0) is 30.5 Å². The molecule has 11 nitrogen and oxygen atoms in total. The minimum Gasteiger partial charge on any atom is -0.481 e. The van der Waals surface area contributed by atoms with Crippen molar-refractivity contribution in [3.8, 4) is 12.3 Å². The van der Waals surface area contributed by atoms with Crippen LogP contribution >= 0.6 is 0 Å². The van der Waals surface area contributed by atoms with Crippen molar-refractivity contribution in [1.29, 1.82) is 10.5 Å². The fourth-order valence-electron chi connectivity index (χ4n) is 4.07. The molecule has 1 atom stereocenters. The molecule has 2 aromatic rings. The van der Waals surface area contributed by atoms with Crippen molar-refractivity contribution in [2.24, 2.45) is 10.9 Å². The normalized spacial score (nSPS) is 17.9. The molecule has 0 aliphatic carbocycles. The van der Waals surface area contributed by atoms with Gasteiger partial charge in [-0.1, -0.05) is 12.1 Å². The number of pyridine rings is 1. The monoisotopic (exact) mass is 431 g/mol. The number of aliphatic imine (C=N–C) groups is 1. The molecule has 162 valence electrons. The number of nitrogens with zero attached hydrogens (tertiary/aromatic N) is 5. The molecule has 4 rings (SSSR count). The van der Waals surface area contributed by atoms with E-state index in [0.29, 0.717) is 37.3 Å². The maximum absolute atomic E-state index is 11.2. The molecular formula is C21H21N9O2. The van der Waals surface area contributed by atoms with Crippen LogP contribution in [0, 0.1) is 28.7 Å². The molecule has 32 heavy (non-hydrogen) atoms. The lowest BCUT2D eigenvalue weighted by molar-refractivity contribution is -0.142. The molecule has 7 N–H and O–H groups in total. The van der Waals surface area contributed by atoms with Gasteiger partial charge in [-0.2, -0.15) is 10.5 Å². The SMILES string of the molecule is N#CNC1=NC(c2ccc(N3CCC(C(=O)O)CC3)cc2)c2c(nc(N)c(C#N)c2N)N1. The molecule has 0 spiro atoms. The van der Waals surface area contributed by atoms with E-state index in [-0.39, 0.29) is 28.9 Å². The standard InChI is InChI=1S/C21H21N9O2/c22-9-14-16(24)15-17(27-21(26-10-23)29-19(15)28-18(14)25)11-1-3-13(4-2-11)30-7-5-12(6-8-30)20(31)32/h1-4,12,17H,5-8H2,(H,31,32)(H6,24,25,26,27,28,29). The number of fused-ring (bicyclic) bond motifs is 1. The maximum atomic E-state index is 11.2. The van der Waals surface area contributed by atoms with Gasteiger partial charge in [0, 0.05) is 24.3 Å². The van der Waals surface area contributed by atoms with E-state index in [1.54, 1.807) is 0 Å². The third-order valence-corrected chi connectivity index (χ3v) is 5.78. The van der Waals surface area contributed by atoms with Gasteiger partial charge in [0.2, 0.25) is 5.96 Å². The maximum Gasteiger partial charge on any atom is 0.306 e. The molecule has 2 aliphatic heterocycles. The van der Waals surface area contributed by atoms with E-state index in [1.807, 2.05) is 36.5 Å². The molecule has 0 radical (unpaired) electrons. The Bertz CT molecular complexity index is 1170. The van der Waals surface area contributed by atoms with Crippen LogP contribution in [0.25, 0.3) is 0 Å². The first-order valence-corrected chi connectivity index (χ1v) is 9.99. The predicted molar refractivity (Wildman–Crippen MR) is 118 cm³/mol. The number of benzene rings is 1. The number of guanidine groups is 1. The molecule has 3 heterocycles. The molecule has 11 heteroatoms. The number of carboxylic acid groups (broad SMARTS) is 1. The second-order valence-corrected chi connectivity index (χ2v) is 7.59. The van der Waals surface area contributed by atoms with Gasteiger partial charge in [0.25, 0.3) is 0 Å². The number of nitrogens with two attached hydrogens (primary N) is 2. The van der Waals surface area contributed by atoms with Gasteiger partial charge in [-0.25, -0.2) is 9.98 Å². The Morgan fingerprint density at radius 3 is 2.50 bits per heavy atom. The molecule has 1 saturated heterocycles. The second kappa shape index (κ2) is 8.32. The average Bonchev–Trinajstić information content (AvgIpc) is 2.79. The number of piperidine rings is 1. The number of anilines is 4. The summed E-state index contributed by atoms with van der Waals surface area (Å²) in [6.07, 6.45) is 3.03. The summed E-state index contributed by atoms with van der Waals surface area (Å²) < 4.78 is 0. The summed E-state index contributed by atoms with van der Waals surface area (Å²) in [5, 5.41) is 33.0. The van der Waals surface area contributed by atoms with E-state index >= 15 is 0 Å². The van der Waals surface area contributed by atoms with E-state index in [4.69, 9.17) is 16.7 Å². The van der Waals surface area contributed by atoms with Gasteiger partial charge in [0.05, 0.1) is 11.6 Å². The summed E-state index contributed by atoms with van der Waals surface area (Å²) in [5.74, 6) is -0.520. The first-order valence-electron chi connectivity index (χ1n) is 9.99. The largest absolute Gasteiger partial charge is 0.481 e. The number of aliphatic carboxylic acids is 1. The van der Waals surface area contributed by atoms with Gasteiger partial charge in [-0.3, -0.25) is 10.1 Å². The van der Waals surface area contributed by atoms with Crippen LogP contribution in [0.3, 0.4) is 0 Å². The van der Waals surface area contributed by atoms with Gasteiger partial charge in [0.1, 0.15) is 29.3 Å². The second-order valence-electron chi connectivity index (χ2n) is 7.59. The van der Waals surface area contributed by atoms with Crippen molar-refractivity contribution in [3.63, 3.8) is 0 Å². The Morgan fingerprint density at radius 1 is 1.22 bits per heavy atom. The third-order valence-electron chi connectivity index (χ3n) is 5.78. The lowest BCUT2D eigenvalue weighted by atomic mass is 9.94. The van der Waals surface area contributed by atoms with Crippen molar-refractivity contribution >= 4 is 34.9 Å². The van der Waals surface area contributed by atoms with Crippen molar-refractivity contribution in [1.82, 2.24) is 10.3 Å². The van der Waals surface area contributed by atoms with Gasteiger partial charge < -0.3 is 26.8 Å². The summed E-state index contributed by atoms with van der Waals surface area (Å²) in [6.45, 7) is 1.34. The van der Waals surface area contributed by atoms with E-state index in [1.165, 1.54) is 0 Å². The van der Waals surface area contributed by atoms with Crippen LogP contribution in [0.5, 0.6) is 0 Å². The van der Waals surface area contributed by atoms with Crippen molar-refractivity contribution in [2.75, 3.05) is 34.8 Å². The highest BCUT2D eigenvalue weighted by molar-refractivity contribution is 5.98. The smallest absolute Gasteiger partial charge is 0.306 e. The first-order chi connectivity index (χ1) is 15.4. The minimum absolute atomic E-state index is 0.00619. The number of aromatic nitrogens is 1. The number of rotatable bonds is 3. The number of nitriles is 2. The van der Waals surface area contributed by atoms with Crippen molar-refractivity contribution < 1.29 is 9.90 Å². The molecule has 0 amide bonds. The van der Waals surface area contributed by atoms with Crippen LogP contribution in [0.2, 0.25) is 0 Å². The summed E-state index contributed by atoms with van der Waals surface area (Å²) in [7, 11) is 0. The quantitative estimate of drug-likeness (QED) is 0.350. The Hall–Kier alpha value is -4.51. The van der Waals surface area contributed by atoms with Crippen LogP contribution < -0.4 is 27.0 Å². The zero-order valence-electron chi connectivity index (χ0n) is 17.0. The van der Waals surface area contributed by atoms with Crippen LogP contribution in [0.15, 0.2) is 29.3 Å². The lowest BCUT2D eigenvalue weighted by Gasteiger charge is -2.32. The lowest BCUT2D eigenvalue weighted by Crippen LogP contribution is -2.36. The Morgan fingerprint density at radius 2 is 1.91 bits per heavy atom. The third kappa shape index (κ3) is 3.68. The van der Waals surface area contributed by atoms with Crippen molar-refractivity contribution in [2.45, 2.75) is 18.9 Å². The molecule has 0 saturated carbocycles. The predicted octanol–water partition coefficient (Wildman–Crippen LogP) is 1.36. The highest BCUT2D eigenvalue weighted by atomic mass is 16.4. The topological polar surface area (TPSA) is 189 Å². The van der Waals surface area contributed by atoms with Crippen molar-refractivity contribution in [3.05, 3.63) is 41.0 Å². The summed E-state index contributed by atoms with van der Waals surface area (Å²) in [5.41, 5.74) is 14.7. The van der Waals surface area contributed by atoms with E-state index in [2.05, 4.69) is 25.5 Å². The highest BCUT2D eigenvalue weighted by Gasteiger charge is 2.30. The molecule has 1 fully saturated rings. The number of carboxylic acids is 1. The van der Waals surface area contributed by atoms with Gasteiger partial charge in [-0.15, -0.1) is 0 Å². The first kappa shape index (κ1) is 20.8. The van der Waals surface area contributed by atoms with Crippen LogP contribution in [0.4, 0.5) is 23.0 Å². The fraction of sp³-hybridized carbons (Fsp3) is 0.286. The Labute approximate surface area is 184 Å². The number of nitrogens with one attached hydrogen (secondary N) is 2. The summed E-state index contributed by atoms with van der Waals surface area (Å²) >= 11 is 0. The molecule has 1 aromatic heterocycles. The van der Waals surface area contributed by atoms with Gasteiger partial charge >= 0.3 is 5.97 Å². The molecule has 2 aliphatic rings. The van der Waals surface area contributed by atoms with Crippen LogP contribution in [-0.2, 0) is 4.79 Å². The average molecular weight is 431 g/mol. The van der Waals surface area contributed by atoms with Crippen LogP contribution in [0.1, 0.15) is 35.6 Å². The highest BCUT2D eigenvalue weighted by Crippen LogP contribution is 2.40. The molecule has 1 unspecified atom stereocenters. The fourth-order valence-corrected chi connectivity index (χ4v) is 4.07. The Balaban J connectivity index is 1.67. The number of carbonyl (C=O) groups is 1. The number of hydrogen-bond donors (Lipinski definition) is 5. The van der Waals surface area contributed by atoms with E-state index in [0.717, 1.165) is 11.3 Å². The van der Waals surface area contributed by atoms with Crippen LogP contribution in [-0.4, -0.2) is 35.1 Å². The zero-order chi connectivity index (χ0) is 22.8. The summed E-state index contributed by atoms with van der Waals surface area (Å²) in [6, 6.07) is 9.05. The molecule has 0 bridgehead atoms. The molecular weight excluding hydrogens is 410 g/mol. The van der Waals surface area contributed by atoms with Gasteiger partial charge in [0.15, 0.2) is 6.19 Å².